The number of halogens is 1. The van der Waals surface area contributed by atoms with Crippen molar-refractivity contribution in [3.63, 3.8) is 0 Å². The Labute approximate surface area is 203 Å². The first kappa shape index (κ1) is 28.0. The molecule has 1 unspecified atom stereocenters. The molecule has 189 valence electrons. The molecular formula is C24H37FN3O5Si. The number of aromatic nitrogens is 2. The summed E-state index contributed by atoms with van der Waals surface area (Å²) < 4.78 is 27.4. The van der Waals surface area contributed by atoms with Crippen molar-refractivity contribution in [2.45, 2.75) is 91.5 Å². The topological polar surface area (TPSA) is 97.0 Å². The lowest BCUT2D eigenvalue weighted by molar-refractivity contribution is -0.0312. The number of nitrogens with zero attached hydrogens (tertiary/aromatic N) is 3. The average Bonchev–Trinajstić information content (AvgIpc) is 3.19. The molecule has 2 N–H and O–H groups in total. The van der Waals surface area contributed by atoms with E-state index in [0.29, 0.717) is 23.8 Å². The number of hydrogen-bond acceptors (Lipinski definition) is 6. The number of ether oxygens (including phenoxy) is 1. The number of aliphatic hydroxyl groups is 2. The number of rotatable bonds is 5. The second kappa shape index (κ2) is 10.6. The number of hydrogen-bond donors (Lipinski definition) is 2. The number of carbonyl (C=O) groups is 1. The van der Waals surface area contributed by atoms with E-state index in [9.17, 15) is 9.90 Å². The van der Waals surface area contributed by atoms with Crippen LogP contribution in [0.5, 0.6) is 0 Å². The van der Waals surface area contributed by atoms with Gasteiger partial charge in [-0.1, -0.05) is 20.8 Å². The molecule has 1 aromatic heterocycles. The molecule has 0 spiro atoms. The zero-order valence-electron chi connectivity index (χ0n) is 21.5. The van der Waals surface area contributed by atoms with E-state index in [-0.39, 0.29) is 5.41 Å². The summed E-state index contributed by atoms with van der Waals surface area (Å²) in [5.74, 6) is 0.110. The van der Waals surface area contributed by atoms with Crippen LogP contribution in [0.2, 0.25) is 13.1 Å². The maximum atomic E-state index is 15.1. The van der Waals surface area contributed by atoms with Crippen LogP contribution in [0.3, 0.4) is 0 Å². The molecule has 8 nitrogen and oxygen atoms in total. The summed E-state index contributed by atoms with van der Waals surface area (Å²) in [4.78, 5) is 17.9. The number of amides is 1. The molecule has 10 heteroatoms. The van der Waals surface area contributed by atoms with Crippen molar-refractivity contribution in [2.75, 3.05) is 4.90 Å². The zero-order valence-corrected chi connectivity index (χ0v) is 22.5. The van der Waals surface area contributed by atoms with Gasteiger partial charge in [-0.25, -0.2) is 14.2 Å². The molecule has 1 aliphatic rings. The highest BCUT2D eigenvalue weighted by atomic mass is 28.3. The van der Waals surface area contributed by atoms with Crippen LogP contribution in [0.25, 0.3) is 5.69 Å². The fourth-order valence-corrected chi connectivity index (χ4v) is 3.45. The molecule has 34 heavy (non-hydrogen) atoms. The Morgan fingerprint density at radius 1 is 1.21 bits per heavy atom. The summed E-state index contributed by atoms with van der Waals surface area (Å²) in [6, 6.07) is 3.88. The number of anilines is 1. The predicted molar refractivity (Wildman–Crippen MR) is 131 cm³/mol. The van der Waals surface area contributed by atoms with E-state index in [1.54, 1.807) is 44.4 Å². The third-order valence-corrected chi connectivity index (χ3v) is 5.47. The van der Waals surface area contributed by atoms with Gasteiger partial charge in [-0.2, -0.15) is 0 Å². The molecule has 2 heterocycles. The lowest BCUT2D eigenvalue weighted by Crippen LogP contribution is -2.34. The highest BCUT2D eigenvalue weighted by molar-refractivity contribution is 6.48. The molecule has 2 atom stereocenters. The van der Waals surface area contributed by atoms with Crippen molar-refractivity contribution >= 4 is 20.8 Å². The van der Waals surface area contributed by atoms with Gasteiger partial charge in [0.1, 0.15) is 11.6 Å². The Morgan fingerprint density at radius 2 is 1.79 bits per heavy atom. The van der Waals surface area contributed by atoms with Crippen LogP contribution in [0.4, 0.5) is 14.9 Å². The van der Waals surface area contributed by atoms with E-state index in [0.717, 1.165) is 5.69 Å². The Kier molecular flexibility index (Phi) is 8.68. The third kappa shape index (κ3) is 7.36. The molecule has 1 saturated heterocycles. The molecule has 1 fully saturated rings. The number of aliphatic hydroxyl groups excluding tert-OH is 1. The SMILES string of the molecule is CC(C)(C)O.CC1[C@H](O)OC(=O)N1c1ccc(-n2cc(C(C)(C)C)nc2CO[Si](C)C)c(F)c1. The Balaban J connectivity index is 0.000000739. The van der Waals surface area contributed by atoms with E-state index >= 15 is 4.39 Å². The van der Waals surface area contributed by atoms with E-state index in [4.69, 9.17) is 14.3 Å². The predicted octanol–water partition coefficient (Wildman–Crippen LogP) is 4.52. The number of imidazole rings is 1. The van der Waals surface area contributed by atoms with Crippen molar-refractivity contribution in [1.82, 2.24) is 9.55 Å². The van der Waals surface area contributed by atoms with Gasteiger partial charge in [0.05, 0.1) is 35.3 Å². The van der Waals surface area contributed by atoms with Gasteiger partial charge in [0.2, 0.25) is 15.3 Å². The molecule has 1 radical (unpaired) electrons. The molecule has 3 rings (SSSR count). The van der Waals surface area contributed by atoms with Crippen molar-refractivity contribution in [3.05, 3.63) is 41.7 Å². The molecule has 2 aromatic rings. The molecule has 1 amide bonds. The van der Waals surface area contributed by atoms with Crippen LogP contribution in [0.15, 0.2) is 24.4 Å². The minimum atomic E-state index is -1.24. The number of benzene rings is 1. The maximum absolute atomic E-state index is 15.1. The first-order valence-electron chi connectivity index (χ1n) is 11.2. The summed E-state index contributed by atoms with van der Waals surface area (Å²) >= 11 is 0. The van der Waals surface area contributed by atoms with Crippen LogP contribution >= 0.6 is 0 Å². The van der Waals surface area contributed by atoms with Crippen LogP contribution in [-0.2, 0) is 21.2 Å². The lowest BCUT2D eigenvalue weighted by Gasteiger charge is -2.20. The van der Waals surface area contributed by atoms with Crippen LogP contribution in [-0.4, -0.2) is 52.8 Å². The first-order chi connectivity index (χ1) is 15.5. The fraction of sp³-hybridized carbons (Fsp3) is 0.583. The monoisotopic (exact) mass is 494 g/mol. The smallest absolute Gasteiger partial charge is 0.417 e. The van der Waals surface area contributed by atoms with E-state index in [1.807, 2.05) is 40.1 Å². The Hall–Kier alpha value is -2.27. The first-order valence-corrected chi connectivity index (χ1v) is 13.6. The number of cyclic esters (lactones) is 1. The van der Waals surface area contributed by atoms with Gasteiger partial charge in [0.25, 0.3) is 0 Å². The average molecular weight is 495 g/mol. The summed E-state index contributed by atoms with van der Waals surface area (Å²) in [6.07, 6.45) is -0.120. The zero-order chi connectivity index (χ0) is 26.0. The van der Waals surface area contributed by atoms with Crippen LogP contribution in [0, 0.1) is 5.82 Å². The van der Waals surface area contributed by atoms with Gasteiger partial charge in [-0.05, 0) is 59.0 Å². The second-order valence-electron chi connectivity index (χ2n) is 10.6. The summed E-state index contributed by atoms with van der Waals surface area (Å²) in [6.45, 7) is 17.4. The summed E-state index contributed by atoms with van der Waals surface area (Å²) in [5, 5.41) is 18.2. The lowest BCUT2D eigenvalue weighted by atomic mass is 9.93. The van der Waals surface area contributed by atoms with Crippen LogP contribution in [0.1, 0.15) is 60.0 Å². The van der Waals surface area contributed by atoms with E-state index in [1.165, 1.54) is 11.0 Å². The summed E-state index contributed by atoms with van der Waals surface area (Å²) in [5.41, 5.74) is 0.771. The second-order valence-corrected chi connectivity index (χ2v) is 12.7. The van der Waals surface area contributed by atoms with Gasteiger partial charge < -0.3 is 19.4 Å². The van der Waals surface area contributed by atoms with E-state index < -0.39 is 38.9 Å². The molecule has 0 bridgehead atoms. The summed E-state index contributed by atoms with van der Waals surface area (Å²) in [7, 11) is -0.929. The molecular weight excluding hydrogens is 457 g/mol. The van der Waals surface area contributed by atoms with Crippen molar-refractivity contribution in [3.8, 4) is 5.69 Å². The normalized spacial score (nSPS) is 18.7. The highest BCUT2D eigenvalue weighted by Gasteiger charge is 2.39. The van der Waals surface area contributed by atoms with Gasteiger partial charge >= 0.3 is 6.09 Å². The third-order valence-electron chi connectivity index (χ3n) is 4.74. The van der Waals surface area contributed by atoms with Crippen molar-refractivity contribution < 1.29 is 28.6 Å². The quantitative estimate of drug-likeness (QED) is 0.594. The Bertz CT molecular complexity index is 991. The Morgan fingerprint density at radius 3 is 2.24 bits per heavy atom. The van der Waals surface area contributed by atoms with Crippen molar-refractivity contribution in [2.24, 2.45) is 0 Å². The van der Waals surface area contributed by atoms with Gasteiger partial charge in [-0.3, -0.25) is 9.47 Å². The minimum absolute atomic E-state index is 0.201. The van der Waals surface area contributed by atoms with Gasteiger partial charge in [0.15, 0.2) is 0 Å². The maximum Gasteiger partial charge on any atom is 0.417 e. The molecule has 0 saturated carbocycles. The fourth-order valence-electron chi connectivity index (χ4n) is 3.03. The molecule has 1 aromatic carbocycles. The molecule has 0 aliphatic carbocycles. The molecule has 1 aliphatic heterocycles. The largest absolute Gasteiger partial charge is 0.417 e. The standard InChI is InChI=1S/C20H27FN3O4Si.C4H10O/c1-12-18(25)28-19(26)24(12)13-7-8-15(14(21)9-13)23-10-16(20(2,3)4)22-17(23)11-27-29(5)6;1-4(2,3)5/h7-10,12,18,25H,11H2,1-6H3;5H,1-3H3/t12?,18-;/m1./s1. The van der Waals surface area contributed by atoms with Gasteiger partial charge in [-0.15, -0.1) is 0 Å². The minimum Gasteiger partial charge on any atom is -0.417 e. The highest BCUT2D eigenvalue weighted by Crippen LogP contribution is 2.30. The van der Waals surface area contributed by atoms with Gasteiger partial charge in [0, 0.05) is 11.6 Å². The van der Waals surface area contributed by atoms with Crippen LogP contribution < -0.4 is 4.90 Å². The van der Waals surface area contributed by atoms with Crippen molar-refractivity contribution in [1.29, 1.82) is 0 Å². The van der Waals surface area contributed by atoms with E-state index in [2.05, 4.69) is 4.98 Å². The number of carbonyl (C=O) groups excluding carboxylic acids is 1.